The van der Waals surface area contributed by atoms with E-state index in [4.69, 9.17) is 26.0 Å². The van der Waals surface area contributed by atoms with Crippen LogP contribution in [0.15, 0.2) is 17.1 Å². The van der Waals surface area contributed by atoms with Crippen molar-refractivity contribution in [1.29, 1.82) is 0 Å². The van der Waals surface area contributed by atoms with Crippen LogP contribution < -0.4 is 10.9 Å². The van der Waals surface area contributed by atoms with Crippen LogP contribution in [0.3, 0.4) is 0 Å². The number of carbonyl (C=O) groups is 1. The van der Waals surface area contributed by atoms with E-state index in [9.17, 15) is 34.4 Å². The van der Waals surface area contributed by atoms with Gasteiger partial charge in [-0.3, -0.25) is 28.2 Å². The van der Waals surface area contributed by atoms with E-state index in [0.29, 0.717) is 6.42 Å². The maximum Gasteiger partial charge on any atom is 0.472 e. The minimum Gasteiger partial charge on any atom is -0.394 e. The maximum absolute atomic E-state index is 12.6. The molecule has 1 rings (SSSR count). The third kappa shape index (κ3) is 18.8. The molecule has 0 bridgehead atoms. The van der Waals surface area contributed by atoms with Gasteiger partial charge in [0.05, 0.1) is 32.0 Å². The van der Waals surface area contributed by atoms with E-state index < -0.39 is 69.2 Å². The van der Waals surface area contributed by atoms with Gasteiger partial charge in [-0.1, -0.05) is 90.4 Å². The minimum absolute atomic E-state index is 0.0465. The Balaban J connectivity index is 2.52. The van der Waals surface area contributed by atoms with Gasteiger partial charge in [0.1, 0.15) is 11.7 Å². The van der Waals surface area contributed by atoms with Gasteiger partial charge in [0.25, 0.3) is 5.56 Å². The summed E-state index contributed by atoms with van der Waals surface area (Å²) in [6, 6.07) is 0.238. The number of aliphatic hydroxyl groups is 3. The summed E-state index contributed by atoms with van der Waals surface area (Å²) in [4.78, 5) is 36.0. The van der Waals surface area contributed by atoms with E-state index in [1.54, 1.807) is 0 Å². The van der Waals surface area contributed by atoms with Crippen LogP contribution in [0, 0.1) is 4.77 Å². The Kier molecular flexibility index (Phi) is 21.2. The third-order valence-corrected chi connectivity index (χ3v) is 8.79. The molecule has 0 saturated heterocycles. The number of phosphoric acid groups is 1. The predicted molar refractivity (Wildman–Crippen MR) is 179 cm³/mol. The lowest BCUT2D eigenvalue weighted by molar-refractivity contribution is -0.173. The molecule has 6 N–H and O–H groups in total. The van der Waals surface area contributed by atoms with Gasteiger partial charge in [-0.05, 0) is 32.5 Å². The number of aliphatic hydroxyl groups excluding tert-OH is 2. The number of hydrogen-bond acceptors (Lipinski definition) is 10. The zero-order valence-corrected chi connectivity index (χ0v) is 29.7. The van der Waals surface area contributed by atoms with E-state index in [-0.39, 0.29) is 4.77 Å². The number of amides is 1. The molecule has 46 heavy (non-hydrogen) atoms. The number of ether oxygens (including phenoxy) is 1. The molecule has 1 unspecified atom stereocenters. The third-order valence-electron chi connectivity index (χ3n) is 7.53. The number of rotatable bonds is 27. The van der Waals surface area contributed by atoms with E-state index in [1.165, 1.54) is 95.4 Å². The van der Waals surface area contributed by atoms with Crippen molar-refractivity contribution in [3.63, 3.8) is 0 Å². The van der Waals surface area contributed by atoms with Crippen LogP contribution in [-0.2, 0) is 23.1 Å². The second-order valence-electron chi connectivity index (χ2n) is 12.4. The second kappa shape index (κ2) is 23.0. The first-order valence-electron chi connectivity index (χ1n) is 16.6. The van der Waals surface area contributed by atoms with Crippen molar-refractivity contribution in [3.05, 3.63) is 27.4 Å². The Morgan fingerprint density at radius 1 is 1.02 bits per heavy atom. The van der Waals surface area contributed by atoms with Crippen LogP contribution in [0.4, 0.5) is 0 Å². The van der Waals surface area contributed by atoms with Crippen LogP contribution in [0.25, 0.3) is 0 Å². The van der Waals surface area contributed by atoms with Crippen LogP contribution >= 0.6 is 20.0 Å². The summed E-state index contributed by atoms with van der Waals surface area (Å²) in [6.45, 7) is 4.59. The Hall–Kier alpha value is -1.48. The van der Waals surface area contributed by atoms with Crippen molar-refractivity contribution in [2.75, 3.05) is 19.8 Å². The zero-order chi connectivity index (χ0) is 34.6. The highest BCUT2D eigenvalue weighted by Gasteiger charge is 2.34. The summed E-state index contributed by atoms with van der Waals surface area (Å²) in [7, 11) is -4.72. The number of phosphoric ester groups is 1. The van der Waals surface area contributed by atoms with Crippen molar-refractivity contribution in [1.82, 2.24) is 14.9 Å². The molecule has 1 heterocycles. The van der Waals surface area contributed by atoms with E-state index >= 15 is 0 Å². The van der Waals surface area contributed by atoms with Crippen molar-refractivity contribution >= 4 is 25.9 Å². The molecule has 0 aromatic carbocycles. The molecule has 0 saturated carbocycles. The molecular formula is C31H58N3O10PS. The Labute approximate surface area is 278 Å². The largest absolute Gasteiger partial charge is 0.472 e. The zero-order valence-electron chi connectivity index (χ0n) is 28.0. The van der Waals surface area contributed by atoms with Gasteiger partial charge >= 0.3 is 7.82 Å². The molecule has 0 aliphatic rings. The van der Waals surface area contributed by atoms with Gasteiger partial charge in [0.15, 0.2) is 11.0 Å². The summed E-state index contributed by atoms with van der Waals surface area (Å²) >= 11 is 5.15. The van der Waals surface area contributed by atoms with E-state index in [2.05, 4.69) is 17.2 Å². The van der Waals surface area contributed by atoms with Crippen molar-refractivity contribution < 1.29 is 43.4 Å². The molecule has 0 aliphatic carbocycles. The molecule has 5 atom stereocenters. The topological polar surface area (TPSA) is 193 Å². The number of carbonyl (C=O) groups excluding carboxylic acids is 1. The Morgan fingerprint density at radius 3 is 2.02 bits per heavy atom. The molecule has 13 nitrogen and oxygen atoms in total. The highest BCUT2D eigenvalue weighted by atomic mass is 32.1. The van der Waals surface area contributed by atoms with Gasteiger partial charge in [0.2, 0.25) is 5.91 Å². The average molecular weight is 696 g/mol. The highest BCUT2D eigenvalue weighted by molar-refractivity contribution is 7.71. The first-order valence-corrected chi connectivity index (χ1v) is 18.5. The number of hydrogen-bond donors (Lipinski definition) is 6. The SMILES string of the molecule is CCCCCCCCCCCCCCC[C@@H](O)[C@H](COP(=O)(O)OC[C@H](CO)O[C@@H](n1ccc(=O)[nH]c1=S)C(C)(C)O)NC(C)=O. The van der Waals surface area contributed by atoms with Crippen LogP contribution in [-0.4, -0.2) is 79.3 Å². The molecule has 1 aromatic heterocycles. The van der Waals surface area contributed by atoms with Crippen LogP contribution in [0.1, 0.15) is 124 Å². The molecule has 0 fully saturated rings. The van der Waals surface area contributed by atoms with Gasteiger partial charge in [-0.2, -0.15) is 0 Å². The Bertz CT molecular complexity index is 1140. The van der Waals surface area contributed by atoms with Crippen molar-refractivity contribution in [3.8, 4) is 0 Å². The number of unbranched alkanes of at least 4 members (excludes halogenated alkanes) is 12. The lowest BCUT2D eigenvalue weighted by Gasteiger charge is -2.34. The first-order chi connectivity index (χ1) is 21.7. The summed E-state index contributed by atoms with van der Waals surface area (Å²) in [5.74, 6) is -0.432. The molecule has 0 aliphatic heterocycles. The van der Waals surface area contributed by atoms with Gasteiger partial charge in [-0.15, -0.1) is 0 Å². The van der Waals surface area contributed by atoms with Crippen molar-refractivity contribution in [2.45, 2.75) is 148 Å². The summed E-state index contributed by atoms with van der Waals surface area (Å²) in [5.41, 5.74) is -2.01. The lowest BCUT2D eigenvalue weighted by atomic mass is 10.0. The number of nitrogens with one attached hydrogen (secondary N) is 2. The van der Waals surface area contributed by atoms with E-state index in [1.807, 2.05) is 0 Å². The standard InChI is InChI=1S/C31H58N3O10PS/c1-5-6-7-8-9-10-11-12-13-14-15-16-17-18-27(37)26(32-24(2)36)23-43-45(40,41)42-22-25(21-35)44-29(31(3,4)39)34-20-19-28(38)33-30(34)46/h19-20,25-27,29,35,37,39H,5-18,21-23H2,1-4H3,(H,32,36)(H,40,41)(H,33,38,46)/t25-,26-,27+,29+/m0/s1. The minimum atomic E-state index is -4.72. The molecule has 268 valence electrons. The number of H-pyrrole nitrogens is 1. The van der Waals surface area contributed by atoms with Gasteiger partial charge in [0, 0.05) is 19.2 Å². The van der Waals surface area contributed by atoms with Crippen molar-refractivity contribution in [2.24, 2.45) is 0 Å². The second-order valence-corrected chi connectivity index (χ2v) is 14.3. The molecule has 0 spiro atoms. The maximum atomic E-state index is 12.6. The number of nitrogens with zero attached hydrogens (tertiary/aromatic N) is 1. The monoisotopic (exact) mass is 695 g/mol. The normalized spacial score (nSPS) is 16.0. The fourth-order valence-electron chi connectivity index (χ4n) is 4.97. The quantitative estimate of drug-likeness (QED) is 0.0411. The van der Waals surface area contributed by atoms with Crippen LogP contribution in [0.5, 0.6) is 0 Å². The molecule has 1 amide bonds. The van der Waals surface area contributed by atoms with E-state index in [0.717, 1.165) is 25.7 Å². The molecular weight excluding hydrogens is 637 g/mol. The number of aromatic nitrogens is 2. The highest BCUT2D eigenvalue weighted by Crippen LogP contribution is 2.43. The Morgan fingerprint density at radius 2 is 1.54 bits per heavy atom. The summed E-state index contributed by atoms with van der Waals surface area (Å²) in [6.07, 6.45) is 13.8. The van der Waals surface area contributed by atoms with Gasteiger partial charge < -0.3 is 30.3 Å². The smallest absolute Gasteiger partial charge is 0.394 e. The average Bonchev–Trinajstić information content (AvgIpc) is 2.97. The predicted octanol–water partition coefficient (Wildman–Crippen LogP) is 5.03. The fraction of sp³-hybridized carbons (Fsp3) is 0.839. The fourth-order valence-corrected chi connectivity index (χ4v) is 6.01. The molecule has 0 radical (unpaired) electrons. The first kappa shape index (κ1) is 42.5. The lowest BCUT2D eigenvalue weighted by Crippen LogP contribution is -2.45. The summed E-state index contributed by atoms with van der Waals surface area (Å²) < 4.78 is 29.7. The number of aromatic amines is 1. The summed E-state index contributed by atoms with van der Waals surface area (Å²) in [5, 5.41) is 33.7. The van der Waals surface area contributed by atoms with Crippen LogP contribution in [0.2, 0.25) is 0 Å². The van der Waals surface area contributed by atoms with Gasteiger partial charge in [-0.25, -0.2) is 4.57 Å². The molecule has 15 heteroatoms. The molecule has 1 aromatic rings.